The number of aromatic nitrogens is 4. The molecular weight excluding hydrogens is 292 g/mol. The molecule has 18 heavy (non-hydrogen) atoms. The van der Waals surface area contributed by atoms with Crippen molar-refractivity contribution in [1.29, 1.82) is 0 Å². The van der Waals surface area contributed by atoms with Crippen LogP contribution in [0.5, 0.6) is 0 Å². The monoisotopic (exact) mass is 302 g/mol. The first-order valence-electron chi connectivity index (χ1n) is 5.30. The summed E-state index contributed by atoms with van der Waals surface area (Å²) < 4.78 is 2.27. The van der Waals surface area contributed by atoms with Crippen molar-refractivity contribution in [1.82, 2.24) is 20.2 Å². The third-order valence-electron chi connectivity index (χ3n) is 2.21. The number of tetrazole rings is 1. The number of carbonyl (C=O) groups excluding carboxylic acids is 1. The number of ketones is 1. The van der Waals surface area contributed by atoms with Crippen LogP contribution in [0.2, 0.25) is 4.34 Å². The van der Waals surface area contributed by atoms with Crippen LogP contribution in [0.25, 0.3) is 0 Å². The van der Waals surface area contributed by atoms with Crippen molar-refractivity contribution in [2.75, 3.05) is 5.75 Å². The molecule has 0 aliphatic carbocycles. The van der Waals surface area contributed by atoms with Crippen molar-refractivity contribution >= 4 is 40.5 Å². The van der Waals surface area contributed by atoms with Crippen molar-refractivity contribution in [3.63, 3.8) is 0 Å². The lowest BCUT2D eigenvalue weighted by molar-refractivity contribution is 0.0986. The maximum absolute atomic E-state index is 11.8. The minimum absolute atomic E-state index is 0.142. The van der Waals surface area contributed by atoms with Gasteiger partial charge in [0, 0.05) is 19.2 Å². The Morgan fingerprint density at radius 1 is 1.56 bits per heavy atom. The molecule has 8 heteroatoms. The highest BCUT2D eigenvalue weighted by atomic mass is 35.5. The third kappa shape index (κ3) is 3.54. The van der Waals surface area contributed by atoms with Gasteiger partial charge < -0.3 is 0 Å². The Morgan fingerprint density at radius 3 is 3.00 bits per heavy atom. The molecule has 0 atom stereocenters. The summed E-state index contributed by atoms with van der Waals surface area (Å²) in [7, 11) is 1.79. The Hall–Kier alpha value is -0.920. The van der Waals surface area contributed by atoms with Crippen LogP contribution in [0.4, 0.5) is 0 Å². The van der Waals surface area contributed by atoms with Crippen molar-refractivity contribution in [2.45, 2.75) is 18.0 Å². The minimum atomic E-state index is 0.142. The van der Waals surface area contributed by atoms with Crippen LogP contribution < -0.4 is 0 Å². The highest BCUT2D eigenvalue weighted by molar-refractivity contribution is 7.99. The fourth-order valence-corrected chi connectivity index (χ4v) is 3.13. The highest BCUT2D eigenvalue weighted by Crippen LogP contribution is 2.23. The average Bonchev–Trinajstić information content (AvgIpc) is 2.94. The van der Waals surface area contributed by atoms with E-state index in [1.165, 1.54) is 11.3 Å². The zero-order valence-corrected chi connectivity index (χ0v) is 12.1. The molecule has 2 aromatic heterocycles. The lowest BCUT2D eigenvalue weighted by Gasteiger charge is -1.99. The molecule has 5 nitrogen and oxygen atoms in total. The lowest BCUT2D eigenvalue weighted by Crippen LogP contribution is -1.98. The molecule has 0 amide bonds. The molecule has 0 saturated carbocycles. The Balaban J connectivity index is 1.73. The third-order valence-corrected chi connectivity index (χ3v) is 4.58. The van der Waals surface area contributed by atoms with Crippen LogP contribution in [-0.2, 0) is 7.05 Å². The summed E-state index contributed by atoms with van der Waals surface area (Å²) in [6, 6.07) is 3.52. The number of carbonyl (C=O) groups is 1. The van der Waals surface area contributed by atoms with Gasteiger partial charge in [-0.15, -0.1) is 16.4 Å². The average molecular weight is 303 g/mol. The molecule has 2 aromatic rings. The summed E-state index contributed by atoms with van der Waals surface area (Å²) in [6.07, 6.45) is 1.32. The minimum Gasteiger partial charge on any atom is -0.293 e. The van der Waals surface area contributed by atoms with E-state index in [4.69, 9.17) is 11.6 Å². The van der Waals surface area contributed by atoms with Gasteiger partial charge in [-0.3, -0.25) is 4.79 Å². The second-order valence-electron chi connectivity index (χ2n) is 3.56. The van der Waals surface area contributed by atoms with Gasteiger partial charge in [0.25, 0.3) is 0 Å². The van der Waals surface area contributed by atoms with E-state index in [9.17, 15) is 4.79 Å². The number of thioether (sulfide) groups is 1. The number of thiophene rings is 1. The van der Waals surface area contributed by atoms with Crippen LogP contribution in [-0.4, -0.2) is 31.7 Å². The van der Waals surface area contributed by atoms with Crippen molar-refractivity contribution in [2.24, 2.45) is 7.05 Å². The summed E-state index contributed by atoms with van der Waals surface area (Å²) in [6.45, 7) is 0. The fraction of sp³-hybridized carbons (Fsp3) is 0.400. The van der Waals surface area contributed by atoms with E-state index >= 15 is 0 Å². The van der Waals surface area contributed by atoms with E-state index in [1.54, 1.807) is 35.6 Å². The Labute approximate surface area is 118 Å². The van der Waals surface area contributed by atoms with E-state index in [1.807, 2.05) is 0 Å². The number of nitrogens with zero attached hydrogens (tertiary/aromatic N) is 4. The zero-order valence-electron chi connectivity index (χ0n) is 9.67. The van der Waals surface area contributed by atoms with Crippen LogP contribution in [0.3, 0.4) is 0 Å². The van der Waals surface area contributed by atoms with Gasteiger partial charge in [0.15, 0.2) is 5.78 Å². The number of rotatable bonds is 6. The smallest absolute Gasteiger partial charge is 0.209 e. The SMILES string of the molecule is Cn1nnnc1SCCCC(=O)c1ccc(Cl)s1. The molecule has 0 fully saturated rings. The van der Waals surface area contributed by atoms with Crippen LogP contribution in [0.1, 0.15) is 22.5 Å². The van der Waals surface area contributed by atoms with E-state index in [0.717, 1.165) is 22.2 Å². The van der Waals surface area contributed by atoms with Crippen LogP contribution in [0.15, 0.2) is 17.3 Å². The second kappa shape index (κ2) is 6.31. The quantitative estimate of drug-likeness (QED) is 0.466. The number of Topliss-reactive ketones (excluding diaryl/α,β-unsaturated/α-hetero) is 1. The summed E-state index contributed by atoms with van der Waals surface area (Å²) in [4.78, 5) is 12.5. The molecule has 0 aliphatic rings. The molecule has 2 heterocycles. The van der Waals surface area contributed by atoms with Crippen molar-refractivity contribution in [3.8, 4) is 0 Å². The molecule has 2 rings (SSSR count). The fourth-order valence-electron chi connectivity index (χ4n) is 1.33. The summed E-state index contributed by atoms with van der Waals surface area (Å²) in [5.74, 6) is 0.961. The first kappa shape index (κ1) is 13.5. The first-order valence-corrected chi connectivity index (χ1v) is 7.48. The van der Waals surface area contributed by atoms with E-state index < -0.39 is 0 Å². The summed E-state index contributed by atoms with van der Waals surface area (Å²) in [5, 5.41) is 11.9. The maximum atomic E-state index is 11.8. The van der Waals surface area contributed by atoms with Gasteiger partial charge in [-0.25, -0.2) is 4.68 Å². The van der Waals surface area contributed by atoms with Gasteiger partial charge in [-0.2, -0.15) is 0 Å². The molecular formula is C10H11ClN4OS2. The van der Waals surface area contributed by atoms with Crippen LogP contribution >= 0.6 is 34.7 Å². The topological polar surface area (TPSA) is 60.7 Å². The summed E-state index contributed by atoms with van der Waals surface area (Å²) >= 11 is 8.66. The maximum Gasteiger partial charge on any atom is 0.209 e. The molecule has 0 bridgehead atoms. The van der Waals surface area contributed by atoms with E-state index in [0.29, 0.717) is 10.8 Å². The van der Waals surface area contributed by atoms with E-state index in [2.05, 4.69) is 15.5 Å². The number of halogens is 1. The second-order valence-corrected chi connectivity index (χ2v) is 6.34. The molecule has 0 spiro atoms. The van der Waals surface area contributed by atoms with E-state index in [-0.39, 0.29) is 5.78 Å². The summed E-state index contributed by atoms with van der Waals surface area (Å²) in [5.41, 5.74) is 0. The van der Waals surface area contributed by atoms with Gasteiger partial charge in [0.05, 0.1) is 9.21 Å². The normalized spacial score (nSPS) is 10.8. The number of hydrogen-bond donors (Lipinski definition) is 0. The van der Waals surface area contributed by atoms with Crippen molar-refractivity contribution in [3.05, 3.63) is 21.3 Å². The Kier molecular flexibility index (Phi) is 4.73. The predicted molar refractivity (Wildman–Crippen MR) is 72.4 cm³/mol. The van der Waals surface area contributed by atoms with Gasteiger partial charge in [-0.05, 0) is 29.0 Å². The molecule has 0 radical (unpaired) electrons. The van der Waals surface area contributed by atoms with Gasteiger partial charge in [0.2, 0.25) is 5.16 Å². The molecule has 0 aliphatic heterocycles. The predicted octanol–water partition coefficient (Wildman–Crippen LogP) is 2.68. The highest BCUT2D eigenvalue weighted by Gasteiger charge is 2.09. The van der Waals surface area contributed by atoms with Gasteiger partial charge >= 0.3 is 0 Å². The number of hydrogen-bond acceptors (Lipinski definition) is 6. The molecule has 0 N–H and O–H groups in total. The molecule has 96 valence electrons. The largest absolute Gasteiger partial charge is 0.293 e. The van der Waals surface area contributed by atoms with Gasteiger partial charge in [0.1, 0.15) is 0 Å². The molecule has 0 saturated heterocycles. The molecule has 0 unspecified atom stereocenters. The standard InChI is InChI=1S/C10H11ClN4OS2/c1-15-10(12-13-14-15)17-6-2-3-7(16)8-4-5-9(11)18-8/h4-5H,2-3,6H2,1H3. The Bertz CT molecular complexity index is 539. The first-order chi connectivity index (χ1) is 8.66. The lowest BCUT2D eigenvalue weighted by atomic mass is 10.2. The van der Waals surface area contributed by atoms with Crippen molar-refractivity contribution < 1.29 is 4.79 Å². The Morgan fingerprint density at radius 2 is 2.39 bits per heavy atom. The van der Waals surface area contributed by atoms with Gasteiger partial charge in [-0.1, -0.05) is 23.4 Å². The van der Waals surface area contributed by atoms with Crippen LogP contribution in [0, 0.1) is 0 Å². The zero-order chi connectivity index (χ0) is 13.0. The molecule has 0 aromatic carbocycles. The number of aryl methyl sites for hydroxylation is 1.